The van der Waals surface area contributed by atoms with Crippen molar-refractivity contribution >= 4 is 46.3 Å². The third kappa shape index (κ3) is 5.33. The minimum Gasteiger partial charge on any atom is -0.482 e. The van der Waals surface area contributed by atoms with Crippen molar-refractivity contribution in [3.8, 4) is 5.75 Å². The molecule has 2 aromatic carbocycles. The van der Waals surface area contributed by atoms with Gasteiger partial charge in [-0.15, -0.1) is 0 Å². The minimum absolute atomic E-state index is 0.0193. The molecule has 0 radical (unpaired) electrons. The first kappa shape index (κ1) is 17.9. The maximum absolute atomic E-state index is 11.8. The molecule has 0 heterocycles. The van der Waals surface area contributed by atoms with Crippen LogP contribution in [0.25, 0.3) is 0 Å². The van der Waals surface area contributed by atoms with Gasteiger partial charge in [0.2, 0.25) is 0 Å². The smallest absolute Gasteiger partial charge is 0.264 e. The number of amides is 1. The fraction of sp³-hybridized carbons (Fsp3) is 0.118. The van der Waals surface area contributed by atoms with Gasteiger partial charge in [0.1, 0.15) is 5.75 Å². The third-order valence-corrected chi connectivity index (χ3v) is 3.51. The molecule has 7 heteroatoms. The van der Waals surface area contributed by atoms with Crippen molar-refractivity contribution in [2.45, 2.75) is 6.92 Å². The summed E-state index contributed by atoms with van der Waals surface area (Å²) < 4.78 is 5.32. The zero-order chi connectivity index (χ0) is 17.5. The van der Waals surface area contributed by atoms with Crippen molar-refractivity contribution in [1.29, 1.82) is 0 Å². The zero-order valence-corrected chi connectivity index (χ0v) is 14.4. The maximum atomic E-state index is 11.8. The number of halogens is 1. The molecule has 0 aliphatic carbocycles. The van der Waals surface area contributed by atoms with E-state index in [-0.39, 0.29) is 17.5 Å². The Bertz CT molecular complexity index is 763. The van der Waals surface area contributed by atoms with Crippen LogP contribution >= 0.6 is 23.8 Å². The second-order valence-electron chi connectivity index (χ2n) is 4.85. The van der Waals surface area contributed by atoms with E-state index in [1.807, 2.05) is 0 Å². The quantitative estimate of drug-likeness (QED) is 0.630. The number of thiocarbonyl (C=S) groups is 1. The predicted octanol–water partition coefficient (Wildman–Crippen LogP) is 3.43. The Kier molecular flexibility index (Phi) is 6.28. The Balaban J connectivity index is 1.82. The average molecular weight is 363 g/mol. The van der Waals surface area contributed by atoms with Crippen LogP contribution in [0.2, 0.25) is 5.02 Å². The first-order valence-corrected chi connectivity index (χ1v) is 7.83. The molecule has 0 saturated carbocycles. The van der Waals surface area contributed by atoms with Gasteiger partial charge in [0, 0.05) is 11.3 Å². The maximum Gasteiger partial charge on any atom is 0.264 e. The van der Waals surface area contributed by atoms with E-state index in [0.717, 1.165) is 0 Å². The third-order valence-electron chi connectivity index (χ3n) is 3.00. The molecule has 0 aliphatic rings. The molecule has 1 amide bonds. The highest BCUT2D eigenvalue weighted by Crippen LogP contribution is 2.22. The van der Waals surface area contributed by atoms with Crippen LogP contribution in [-0.4, -0.2) is 23.4 Å². The molecule has 0 atom stereocenters. The highest BCUT2D eigenvalue weighted by molar-refractivity contribution is 7.80. The molecule has 0 fully saturated rings. The molecular weight excluding hydrogens is 348 g/mol. The van der Waals surface area contributed by atoms with Gasteiger partial charge in [0.05, 0.1) is 5.02 Å². The average Bonchev–Trinajstić information content (AvgIpc) is 2.54. The van der Waals surface area contributed by atoms with Crippen molar-refractivity contribution in [2.75, 3.05) is 11.9 Å². The van der Waals surface area contributed by atoms with E-state index in [1.165, 1.54) is 6.92 Å². The molecule has 24 heavy (non-hydrogen) atoms. The lowest BCUT2D eigenvalue weighted by Gasteiger charge is -2.11. The number of para-hydroxylation sites is 1. The molecular formula is C17H15ClN2O3S. The lowest BCUT2D eigenvalue weighted by Crippen LogP contribution is -2.37. The van der Waals surface area contributed by atoms with Gasteiger partial charge in [0.15, 0.2) is 17.5 Å². The second kappa shape index (κ2) is 8.42. The number of Topliss-reactive ketones (excluding diaryl/α,β-unsaturated/α-hetero) is 1. The normalized spacial score (nSPS) is 9.92. The van der Waals surface area contributed by atoms with Crippen LogP contribution in [0.1, 0.15) is 17.3 Å². The van der Waals surface area contributed by atoms with E-state index in [1.54, 1.807) is 48.5 Å². The van der Waals surface area contributed by atoms with Gasteiger partial charge in [0.25, 0.3) is 5.91 Å². The van der Waals surface area contributed by atoms with Crippen molar-refractivity contribution in [2.24, 2.45) is 0 Å². The van der Waals surface area contributed by atoms with Crippen molar-refractivity contribution in [3.63, 3.8) is 0 Å². The molecule has 0 unspecified atom stereocenters. The standard InChI is InChI=1S/C17H15ClN2O3S/c1-11(21)12-6-8-13(9-7-12)19-17(24)20-16(22)10-23-15-5-3-2-4-14(15)18/h2-9H,10H2,1H3,(H2,19,20,22,24). The second-order valence-corrected chi connectivity index (χ2v) is 5.67. The summed E-state index contributed by atoms with van der Waals surface area (Å²) in [5, 5.41) is 5.92. The Morgan fingerprint density at radius 3 is 2.42 bits per heavy atom. The lowest BCUT2D eigenvalue weighted by molar-refractivity contribution is -0.121. The molecule has 0 saturated heterocycles. The summed E-state index contributed by atoms with van der Waals surface area (Å²) in [4.78, 5) is 23.0. The van der Waals surface area contributed by atoms with E-state index in [0.29, 0.717) is 22.0 Å². The minimum atomic E-state index is -0.409. The molecule has 124 valence electrons. The molecule has 0 bridgehead atoms. The van der Waals surface area contributed by atoms with E-state index in [9.17, 15) is 9.59 Å². The first-order chi connectivity index (χ1) is 11.5. The fourth-order valence-electron chi connectivity index (χ4n) is 1.82. The highest BCUT2D eigenvalue weighted by Gasteiger charge is 2.08. The van der Waals surface area contributed by atoms with Crippen molar-refractivity contribution in [3.05, 3.63) is 59.1 Å². The van der Waals surface area contributed by atoms with Gasteiger partial charge in [-0.25, -0.2) is 0 Å². The number of hydrogen-bond donors (Lipinski definition) is 2. The largest absolute Gasteiger partial charge is 0.482 e. The van der Waals surface area contributed by atoms with Crippen LogP contribution in [0.3, 0.4) is 0 Å². The molecule has 0 aromatic heterocycles. The van der Waals surface area contributed by atoms with E-state index < -0.39 is 5.91 Å². The topological polar surface area (TPSA) is 67.4 Å². The van der Waals surface area contributed by atoms with Gasteiger partial charge in [-0.2, -0.15) is 0 Å². The Morgan fingerprint density at radius 1 is 1.12 bits per heavy atom. The van der Waals surface area contributed by atoms with E-state index in [4.69, 9.17) is 28.6 Å². The number of carbonyl (C=O) groups is 2. The predicted molar refractivity (Wildman–Crippen MR) is 97.8 cm³/mol. The Hall–Kier alpha value is -2.44. The first-order valence-electron chi connectivity index (χ1n) is 7.05. The van der Waals surface area contributed by atoms with Crippen molar-refractivity contribution in [1.82, 2.24) is 5.32 Å². The monoisotopic (exact) mass is 362 g/mol. The van der Waals surface area contributed by atoms with Gasteiger partial charge in [-0.3, -0.25) is 14.9 Å². The molecule has 2 N–H and O–H groups in total. The number of hydrogen-bond acceptors (Lipinski definition) is 4. The van der Waals surface area contributed by atoms with Gasteiger partial charge in [-0.05, 0) is 55.5 Å². The number of rotatable bonds is 5. The molecule has 2 rings (SSSR count). The zero-order valence-electron chi connectivity index (χ0n) is 12.8. The molecule has 5 nitrogen and oxygen atoms in total. The Morgan fingerprint density at radius 2 is 1.79 bits per heavy atom. The number of ether oxygens (including phenoxy) is 1. The molecule has 0 spiro atoms. The molecule has 2 aromatic rings. The summed E-state index contributed by atoms with van der Waals surface area (Å²) in [6.45, 7) is 1.28. The number of carbonyl (C=O) groups excluding carboxylic acids is 2. The summed E-state index contributed by atoms with van der Waals surface area (Å²) in [7, 11) is 0. The van der Waals surface area contributed by atoms with Gasteiger partial charge < -0.3 is 10.1 Å². The summed E-state index contributed by atoms with van der Waals surface area (Å²) >= 11 is 11.0. The summed E-state index contributed by atoms with van der Waals surface area (Å²) in [6, 6.07) is 13.6. The summed E-state index contributed by atoms with van der Waals surface area (Å²) in [6.07, 6.45) is 0. The van der Waals surface area contributed by atoms with Crippen LogP contribution in [0, 0.1) is 0 Å². The number of ketones is 1. The number of anilines is 1. The van der Waals surface area contributed by atoms with E-state index in [2.05, 4.69) is 10.6 Å². The fourth-order valence-corrected chi connectivity index (χ4v) is 2.24. The number of benzene rings is 2. The van der Waals surface area contributed by atoms with Crippen LogP contribution in [0.4, 0.5) is 5.69 Å². The van der Waals surface area contributed by atoms with Crippen molar-refractivity contribution < 1.29 is 14.3 Å². The summed E-state index contributed by atoms with van der Waals surface area (Å²) in [5.41, 5.74) is 1.26. The number of nitrogens with one attached hydrogen (secondary N) is 2. The summed E-state index contributed by atoms with van der Waals surface area (Å²) in [5.74, 6) is -0.00468. The Labute approximate surface area is 150 Å². The SMILES string of the molecule is CC(=O)c1ccc(NC(=S)NC(=O)COc2ccccc2Cl)cc1. The van der Waals surface area contributed by atoms with Gasteiger partial charge in [-0.1, -0.05) is 23.7 Å². The lowest BCUT2D eigenvalue weighted by atomic mass is 10.1. The van der Waals surface area contributed by atoms with Crippen LogP contribution in [-0.2, 0) is 4.79 Å². The van der Waals surface area contributed by atoms with Gasteiger partial charge >= 0.3 is 0 Å². The highest BCUT2D eigenvalue weighted by atomic mass is 35.5. The van der Waals surface area contributed by atoms with E-state index >= 15 is 0 Å². The van der Waals surface area contributed by atoms with Crippen LogP contribution in [0.15, 0.2) is 48.5 Å². The van der Waals surface area contributed by atoms with Crippen LogP contribution < -0.4 is 15.4 Å². The molecule has 0 aliphatic heterocycles. The van der Waals surface area contributed by atoms with Crippen LogP contribution in [0.5, 0.6) is 5.75 Å².